The van der Waals surface area contributed by atoms with Crippen molar-refractivity contribution in [1.29, 1.82) is 0 Å². The molecule has 0 unspecified atom stereocenters. The lowest BCUT2D eigenvalue weighted by Crippen LogP contribution is -2.43. The fraction of sp³-hybridized carbons (Fsp3) is 0.455. The van der Waals surface area contributed by atoms with Gasteiger partial charge >= 0.3 is 0 Å². The van der Waals surface area contributed by atoms with Crippen LogP contribution >= 0.6 is 15.9 Å². The van der Waals surface area contributed by atoms with Crippen molar-refractivity contribution < 1.29 is 4.74 Å². The SMILES string of the molecule is COc1ccc(C2(N)CCC2)c(Br)c1. The molecule has 0 aromatic heterocycles. The summed E-state index contributed by atoms with van der Waals surface area (Å²) in [5.74, 6) is 0.864. The van der Waals surface area contributed by atoms with E-state index in [9.17, 15) is 0 Å². The first-order valence-electron chi connectivity index (χ1n) is 4.79. The molecule has 0 bridgehead atoms. The molecule has 76 valence electrons. The summed E-state index contributed by atoms with van der Waals surface area (Å²) in [6, 6.07) is 6.00. The van der Waals surface area contributed by atoms with Crippen molar-refractivity contribution in [3.05, 3.63) is 28.2 Å². The summed E-state index contributed by atoms with van der Waals surface area (Å²) in [4.78, 5) is 0. The molecule has 3 heteroatoms. The molecule has 0 radical (unpaired) electrons. The Balaban J connectivity index is 2.35. The zero-order valence-electron chi connectivity index (χ0n) is 8.22. The van der Waals surface area contributed by atoms with Gasteiger partial charge in [0.2, 0.25) is 0 Å². The molecule has 2 rings (SSSR count). The maximum Gasteiger partial charge on any atom is 0.120 e. The Kier molecular flexibility index (Phi) is 2.54. The predicted molar refractivity (Wildman–Crippen MR) is 60.4 cm³/mol. The Morgan fingerprint density at radius 1 is 1.43 bits per heavy atom. The van der Waals surface area contributed by atoms with Gasteiger partial charge in [-0.1, -0.05) is 22.0 Å². The van der Waals surface area contributed by atoms with Crippen LogP contribution in [-0.4, -0.2) is 7.11 Å². The van der Waals surface area contributed by atoms with Crippen LogP contribution in [-0.2, 0) is 5.54 Å². The van der Waals surface area contributed by atoms with Crippen molar-refractivity contribution >= 4 is 15.9 Å². The molecule has 14 heavy (non-hydrogen) atoms. The monoisotopic (exact) mass is 255 g/mol. The highest BCUT2D eigenvalue weighted by Gasteiger charge is 2.35. The van der Waals surface area contributed by atoms with Gasteiger partial charge in [0.25, 0.3) is 0 Å². The van der Waals surface area contributed by atoms with Crippen LogP contribution in [0.5, 0.6) is 5.75 Å². The van der Waals surface area contributed by atoms with E-state index in [4.69, 9.17) is 10.5 Å². The van der Waals surface area contributed by atoms with Crippen molar-refractivity contribution in [3.63, 3.8) is 0 Å². The molecule has 0 atom stereocenters. The number of rotatable bonds is 2. The highest BCUT2D eigenvalue weighted by molar-refractivity contribution is 9.10. The first-order chi connectivity index (χ1) is 6.65. The van der Waals surface area contributed by atoms with Crippen molar-refractivity contribution in [1.82, 2.24) is 0 Å². The molecule has 1 aliphatic rings. The van der Waals surface area contributed by atoms with Crippen LogP contribution in [0.2, 0.25) is 0 Å². The molecule has 0 amide bonds. The summed E-state index contributed by atoms with van der Waals surface area (Å²) in [7, 11) is 1.67. The topological polar surface area (TPSA) is 35.2 Å². The number of ether oxygens (including phenoxy) is 1. The van der Waals surface area contributed by atoms with Gasteiger partial charge in [-0.2, -0.15) is 0 Å². The molecule has 1 saturated carbocycles. The smallest absolute Gasteiger partial charge is 0.120 e. The highest BCUT2D eigenvalue weighted by Crippen LogP contribution is 2.42. The van der Waals surface area contributed by atoms with E-state index in [1.54, 1.807) is 7.11 Å². The molecular formula is C11H14BrNO. The molecule has 1 aromatic carbocycles. The Morgan fingerprint density at radius 2 is 2.14 bits per heavy atom. The van der Waals surface area contributed by atoms with E-state index < -0.39 is 0 Å². The van der Waals surface area contributed by atoms with Crippen molar-refractivity contribution in [2.24, 2.45) is 5.73 Å². The molecule has 0 saturated heterocycles. The average Bonchev–Trinajstić information content (AvgIpc) is 2.14. The minimum Gasteiger partial charge on any atom is -0.497 e. The third-order valence-electron chi connectivity index (χ3n) is 2.96. The quantitative estimate of drug-likeness (QED) is 0.883. The number of methoxy groups -OCH3 is 1. The third kappa shape index (κ3) is 1.55. The summed E-state index contributed by atoms with van der Waals surface area (Å²) >= 11 is 3.54. The third-order valence-corrected chi connectivity index (χ3v) is 3.61. The minimum atomic E-state index is -0.106. The van der Waals surface area contributed by atoms with Crippen LogP contribution in [0.4, 0.5) is 0 Å². The lowest BCUT2D eigenvalue weighted by molar-refractivity contribution is 0.252. The van der Waals surface area contributed by atoms with Gasteiger partial charge in [-0.3, -0.25) is 0 Å². The number of benzene rings is 1. The first kappa shape index (κ1) is 9.99. The number of hydrogen-bond donors (Lipinski definition) is 1. The lowest BCUT2D eigenvalue weighted by atomic mass is 9.73. The van der Waals surface area contributed by atoms with E-state index in [1.807, 2.05) is 12.1 Å². The van der Waals surface area contributed by atoms with Crippen molar-refractivity contribution in [2.75, 3.05) is 7.11 Å². The van der Waals surface area contributed by atoms with Crippen LogP contribution < -0.4 is 10.5 Å². The van der Waals surface area contributed by atoms with Gasteiger partial charge in [0, 0.05) is 10.0 Å². The summed E-state index contributed by atoms with van der Waals surface area (Å²) in [5, 5.41) is 0. The van der Waals surface area contributed by atoms with E-state index in [-0.39, 0.29) is 5.54 Å². The maximum atomic E-state index is 6.25. The second-order valence-electron chi connectivity index (χ2n) is 3.86. The standard InChI is InChI=1S/C11H14BrNO/c1-14-8-3-4-9(10(12)7-8)11(13)5-2-6-11/h3-4,7H,2,5-6,13H2,1H3. The Bertz CT molecular complexity index is 347. The molecule has 2 N–H and O–H groups in total. The second kappa shape index (κ2) is 3.55. The fourth-order valence-electron chi connectivity index (χ4n) is 1.85. The normalized spacial score (nSPS) is 18.8. The molecule has 1 fully saturated rings. The van der Waals surface area contributed by atoms with Crippen LogP contribution in [0.3, 0.4) is 0 Å². The highest BCUT2D eigenvalue weighted by atomic mass is 79.9. The molecular weight excluding hydrogens is 242 g/mol. The van der Waals surface area contributed by atoms with E-state index in [2.05, 4.69) is 22.0 Å². The second-order valence-corrected chi connectivity index (χ2v) is 4.71. The van der Waals surface area contributed by atoms with Crippen molar-refractivity contribution in [3.8, 4) is 5.75 Å². The van der Waals surface area contributed by atoms with Gasteiger partial charge in [0.1, 0.15) is 5.75 Å². The summed E-state index contributed by atoms with van der Waals surface area (Å²) in [5.41, 5.74) is 7.34. The van der Waals surface area contributed by atoms with E-state index >= 15 is 0 Å². The molecule has 0 heterocycles. The Hall–Kier alpha value is -0.540. The summed E-state index contributed by atoms with van der Waals surface area (Å²) in [6.45, 7) is 0. The largest absolute Gasteiger partial charge is 0.497 e. The summed E-state index contributed by atoms with van der Waals surface area (Å²) < 4.78 is 6.20. The van der Waals surface area contributed by atoms with Gasteiger partial charge in [0.05, 0.1) is 7.11 Å². The molecule has 1 aliphatic carbocycles. The van der Waals surface area contributed by atoms with E-state index in [0.717, 1.165) is 23.1 Å². The minimum absolute atomic E-state index is 0.106. The van der Waals surface area contributed by atoms with Crippen LogP contribution in [0.1, 0.15) is 24.8 Å². The molecule has 1 aromatic rings. The Morgan fingerprint density at radius 3 is 2.57 bits per heavy atom. The first-order valence-corrected chi connectivity index (χ1v) is 5.58. The zero-order valence-corrected chi connectivity index (χ0v) is 9.80. The van der Waals surface area contributed by atoms with Crippen LogP contribution in [0, 0.1) is 0 Å². The van der Waals surface area contributed by atoms with Gasteiger partial charge < -0.3 is 10.5 Å². The van der Waals surface area contributed by atoms with Gasteiger partial charge in [-0.25, -0.2) is 0 Å². The van der Waals surface area contributed by atoms with E-state index in [0.29, 0.717) is 0 Å². The number of halogens is 1. The lowest BCUT2D eigenvalue weighted by Gasteiger charge is -2.39. The Labute approximate surface area is 92.6 Å². The fourth-order valence-corrected chi connectivity index (χ4v) is 2.61. The number of nitrogens with two attached hydrogens (primary N) is 1. The summed E-state index contributed by atoms with van der Waals surface area (Å²) in [6.07, 6.45) is 3.39. The van der Waals surface area contributed by atoms with Crippen LogP contribution in [0.25, 0.3) is 0 Å². The zero-order chi connectivity index (χ0) is 10.2. The van der Waals surface area contributed by atoms with E-state index in [1.165, 1.54) is 12.0 Å². The van der Waals surface area contributed by atoms with Gasteiger partial charge in [0.15, 0.2) is 0 Å². The number of hydrogen-bond acceptors (Lipinski definition) is 2. The van der Waals surface area contributed by atoms with Crippen molar-refractivity contribution in [2.45, 2.75) is 24.8 Å². The van der Waals surface area contributed by atoms with Gasteiger partial charge in [-0.05, 0) is 37.0 Å². The predicted octanol–water partition coefficient (Wildman–Crippen LogP) is 2.80. The maximum absolute atomic E-state index is 6.25. The average molecular weight is 256 g/mol. The molecule has 0 aliphatic heterocycles. The molecule has 2 nitrogen and oxygen atoms in total. The van der Waals surface area contributed by atoms with Crippen LogP contribution in [0.15, 0.2) is 22.7 Å². The van der Waals surface area contributed by atoms with Gasteiger partial charge in [-0.15, -0.1) is 0 Å². The molecule has 0 spiro atoms.